The second-order valence-electron chi connectivity index (χ2n) is 5.60. The third-order valence-electron chi connectivity index (χ3n) is 3.77. The molecule has 0 bridgehead atoms. The molecule has 3 rings (SSSR count). The number of amides is 2. The van der Waals surface area contributed by atoms with Gasteiger partial charge in [0.1, 0.15) is 6.54 Å². The summed E-state index contributed by atoms with van der Waals surface area (Å²) in [5.41, 5.74) is 2.02. The van der Waals surface area contributed by atoms with Crippen LogP contribution in [0.2, 0.25) is 0 Å². The van der Waals surface area contributed by atoms with Crippen LogP contribution < -0.4 is 10.2 Å². The molecule has 0 aliphatic rings. The first kappa shape index (κ1) is 17.8. The first-order valence-corrected chi connectivity index (χ1v) is 9.02. The maximum atomic E-state index is 12.7. The summed E-state index contributed by atoms with van der Waals surface area (Å²) < 4.78 is 3.73. The Morgan fingerprint density at radius 1 is 1.00 bits per heavy atom. The summed E-state index contributed by atoms with van der Waals surface area (Å²) in [6.07, 6.45) is 0.738. The van der Waals surface area contributed by atoms with E-state index in [1.54, 1.807) is 17.5 Å². The number of para-hydroxylation sites is 1. The van der Waals surface area contributed by atoms with E-state index in [0.717, 1.165) is 23.5 Å². The van der Waals surface area contributed by atoms with E-state index in [1.807, 2.05) is 48.5 Å². The molecule has 0 fully saturated rings. The minimum absolute atomic E-state index is 0.0742. The molecule has 1 N–H and O–H groups in total. The van der Waals surface area contributed by atoms with Gasteiger partial charge in [0, 0.05) is 17.6 Å². The van der Waals surface area contributed by atoms with Gasteiger partial charge in [-0.2, -0.15) is 0 Å². The molecule has 2 aromatic carbocycles. The highest BCUT2D eigenvalue weighted by molar-refractivity contribution is 7.03. The van der Waals surface area contributed by atoms with E-state index in [-0.39, 0.29) is 24.1 Å². The number of carbonyl (C=O) groups excluding carboxylic acids is 2. The normalized spacial score (nSPS) is 10.3. The molecule has 0 atom stereocenters. The molecular weight excluding hydrogens is 348 g/mol. The zero-order valence-corrected chi connectivity index (χ0v) is 14.9. The predicted octanol–water partition coefficient (Wildman–Crippen LogP) is 2.54. The van der Waals surface area contributed by atoms with Gasteiger partial charge in [-0.15, -0.1) is 5.10 Å². The quantitative estimate of drug-likeness (QED) is 0.697. The topological polar surface area (TPSA) is 75.2 Å². The first-order chi connectivity index (χ1) is 12.7. The smallest absolute Gasteiger partial charge is 0.280 e. The second-order valence-corrected chi connectivity index (χ2v) is 6.21. The summed E-state index contributed by atoms with van der Waals surface area (Å²) in [5.74, 6) is -0.565. The van der Waals surface area contributed by atoms with Crippen molar-refractivity contribution < 1.29 is 9.59 Å². The minimum atomic E-state index is -0.344. The van der Waals surface area contributed by atoms with Crippen LogP contribution in [0, 0.1) is 0 Å². The van der Waals surface area contributed by atoms with E-state index in [9.17, 15) is 9.59 Å². The van der Waals surface area contributed by atoms with Gasteiger partial charge in [0.25, 0.3) is 5.91 Å². The zero-order valence-electron chi connectivity index (χ0n) is 14.0. The van der Waals surface area contributed by atoms with Crippen LogP contribution in [0.4, 0.5) is 5.69 Å². The maximum Gasteiger partial charge on any atom is 0.280 e. The van der Waals surface area contributed by atoms with Gasteiger partial charge < -0.3 is 5.32 Å². The average Bonchev–Trinajstić information content (AvgIpc) is 3.22. The van der Waals surface area contributed by atoms with Crippen molar-refractivity contribution in [3.63, 3.8) is 0 Å². The summed E-state index contributed by atoms with van der Waals surface area (Å²) in [6, 6.07) is 19.0. The number of hydrogen-bond acceptors (Lipinski definition) is 5. The third kappa shape index (κ3) is 4.73. The lowest BCUT2D eigenvalue weighted by Crippen LogP contribution is -2.41. The molecule has 0 saturated carbocycles. The molecule has 2 amide bonds. The van der Waals surface area contributed by atoms with Crippen LogP contribution in [0.15, 0.2) is 66.0 Å². The van der Waals surface area contributed by atoms with Gasteiger partial charge in [-0.25, -0.2) is 0 Å². The van der Waals surface area contributed by atoms with Crippen LogP contribution in [0.5, 0.6) is 0 Å². The van der Waals surface area contributed by atoms with Crippen LogP contribution >= 0.6 is 11.5 Å². The largest absolute Gasteiger partial charge is 0.354 e. The van der Waals surface area contributed by atoms with Crippen molar-refractivity contribution >= 4 is 29.0 Å². The summed E-state index contributed by atoms with van der Waals surface area (Å²) in [7, 11) is 0. The standard InChI is InChI=1S/C19H18N4O2S/c24-18(20-12-11-15-7-3-1-4-8-15)13-23(16-9-5-2-6-10-16)19(25)17-14-26-22-21-17/h1-10,14H,11-13H2,(H,20,24). The fourth-order valence-corrected chi connectivity index (χ4v) is 2.90. The average molecular weight is 366 g/mol. The van der Waals surface area contributed by atoms with E-state index >= 15 is 0 Å². The molecule has 6 nitrogen and oxygen atoms in total. The van der Waals surface area contributed by atoms with E-state index in [0.29, 0.717) is 12.2 Å². The van der Waals surface area contributed by atoms with Gasteiger partial charge in [-0.3, -0.25) is 14.5 Å². The molecule has 0 aliphatic heterocycles. The Balaban J connectivity index is 1.63. The minimum Gasteiger partial charge on any atom is -0.354 e. The number of anilines is 1. The molecule has 1 heterocycles. The van der Waals surface area contributed by atoms with E-state index in [4.69, 9.17) is 0 Å². The molecule has 0 spiro atoms. The number of carbonyl (C=O) groups is 2. The number of hydrogen-bond donors (Lipinski definition) is 1. The Morgan fingerprint density at radius 3 is 2.35 bits per heavy atom. The fourth-order valence-electron chi connectivity index (χ4n) is 2.47. The molecule has 7 heteroatoms. The summed E-state index contributed by atoms with van der Waals surface area (Å²) in [4.78, 5) is 26.5. The Morgan fingerprint density at radius 2 is 1.69 bits per heavy atom. The van der Waals surface area contributed by atoms with Crippen molar-refractivity contribution in [1.82, 2.24) is 14.9 Å². The van der Waals surface area contributed by atoms with Gasteiger partial charge in [-0.1, -0.05) is 53.0 Å². The van der Waals surface area contributed by atoms with E-state index in [2.05, 4.69) is 14.9 Å². The zero-order chi connectivity index (χ0) is 18.2. The van der Waals surface area contributed by atoms with Crippen molar-refractivity contribution in [2.45, 2.75) is 6.42 Å². The Hall–Kier alpha value is -3.06. The number of rotatable bonds is 7. The number of benzene rings is 2. The van der Waals surface area contributed by atoms with Gasteiger partial charge in [0.05, 0.1) is 0 Å². The van der Waals surface area contributed by atoms with Crippen LogP contribution in [-0.2, 0) is 11.2 Å². The van der Waals surface area contributed by atoms with Gasteiger partial charge >= 0.3 is 0 Å². The lowest BCUT2D eigenvalue weighted by molar-refractivity contribution is -0.119. The highest BCUT2D eigenvalue weighted by Gasteiger charge is 2.22. The lowest BCUT2D eigenvalue weighted by atomic mass is 10.1. The molecular formula is C19H18N4O2S. The SMILES string of the molecule is O=C(CN(C(=O)c1csnn1)c1ccccc1)NCCc1ccccc1. The number of nitrogens with zero attached hydrogens (tertiary/aromatic N) is 3. The van der Waals surface area contributed by atoms with Crippen LogP contribution in [0.25, 0.3) is 0 Å². The Bertz CT molecular complexity index is 839. The Kier molecular flexibility index (Phi) is 6.05. The summed E-state index contributed by atoms with van der Waals surface area (Å²) in [6.45, 7) is 0.438. The van der Waals surface area contributed by atoms with Crippen molar-refractivity contribution in [1.29, 1.82) is 0 Å². The van der Waals surface area contributed by atoms with Gasteiger partial charge in [-0.05, 0) is 35.6 Å². The second kappa shape index (κ2) is 8.87. The molecule has 0 unspecified atom stereocenters. The third-order valence-corrected chi connectivity index (χ3v) is 4.28. The molecule has 132 valence electrons. The molecule has 0 saturated heterocycles. The first-order valence-electron chi connectivity index (χ1n) is 8.18. The van der Waals surface area contributed by atoms with Crippen molar-refractivity contribution in [2.24, 2.45) is 0 Å². The predicted molar refractivity (Wildman–Crippen MR) is 101 cm³/mol. The van der Waals surface area contributed by atoms with Crippen LogP contribution in [-0.4, -0.2) is 34.5 Å². The van der Waals surface area contributed by atoms with Crippen molar-refractivity contribution in [2.75, 3.05) is 18.0 Å². The number of nitrogens with one attached hydrogen (secondary N) is 1. The highest BCUT2D eigenvalue weighted by atomic mass is 32.1. The molecule has 1 aromatic heterocycles. The number of aromatic nitrogens is 2. The van der Waals surface area contributed by atoms with Crippen molar-refractivity contribution in [3.05, 3.63) is 77.3 Å². The summed E-state index contributed by atoms with van der Waals surface area (Å²) in [5, 5.41) is 8.26. The summed E-state index contributed by atoms with van der Waals surface area (Å²) >= 11 is 1.10. The molecule has 26 heavy (non-hydrogen) atoms. The van der Waals surface area contributed by atoms with E-state index < -0.39 is 0 Å². The van der Waals surface area contributed by atoms with E-state index in [1.165, 1.54) is 4.90 Å². The van der Waals surface area contributed by atoms with Crippen LogP contribution in [0.1, 0.15) is 16.1 Å². The van der Waals surface area contributed by atoms with Gasteiger partial charge in [0.15, 0.2) is 5.69 Å². The monoisotopic (exact) mass is 366 g/mol. The van der Waals surface area contributed by atoms with Crippen LogP contribution in [0.3, 0.4) is 0 Å². The lowest BCUT2D eigenvalue weighted by Gasteiger charge is -2.21. The van der Waals surface area contributed by atoms with Gasteiger partial charge in [0.2, 0.25) is 5.91 Å². The van der Waals surface area contributed by atoms with Crippen molar-refractivity contribution in [3.8, 4) is 0 Å². The molecule has 0 aliphatic carbocycles. The molecule has 0 radical (unpaired) electrons. The fraction of sp³-hybridized carbons (Fsp3) is 0.158. The maximum absolute atomic E-state index is 12.7. The highest BCUT2D eigenvalue weighted by Crippen LogP contribution is 2.16. The molecule has 3 aromatic rings. The Labute approximate surface area is 155 Å².